The second-order valence-electron chi connectivity index (χ2n) is 8.30. The average molecular weight is 620 g/mol. The van der Waals surface area contributed by atoms with Gasteiger partial charge in [-0.15, -0.1) is 23.2 Å². The average Bonchev–Trinajstić information content (AvgIpc) is 3.24. The minimum Gasteiger partial charge on any atom is -0.338 e. The lowest BCUT2D eigenvalue weighted by Gasteiger charge is -2.16. The lowest BCUT2D eigenvalue weighted by atomic mass is 10.1. The molecule has 0 radical (unpaired) electrons. The minimum absolute atomic E-state index is 0.0295. The van der Waals surface area contributed by atoms with Gasteiger partial charge in [-0.3, -0.25) is 19.2 Å². The first-order chi connectivity index (χ1) is 17.2. The van der Waals surface area contributed by atoms with Gasteiger partial charge in [0.05, 0.1) is 26.5 Å². The van der Waals surface area contributed by atoms with Crippen molar-refractivity contribution in [2.45, 2.75) is 22.5 Å². The van der Waals surface area contributed by atoms with Crippen molar-refractivity contribution >= 4 is 81.4 Å². The Morgan fingerprint density at radius 2 is 1.73 bits per heavy atom. The summed E-state index contributed by atoms with van der Waals surface area (Å²) in [6.07, 6.45) is -4.67. The number of nitrogens with one attached hydrogen (secondary N) is 2. The maximum absolute atomic E-state index is 12.9. The van der Waals surface area contributed by atoms with Gasteiger partial charge in [-0.05, 0) is 35.9 Å². The van der Waals surface area contributed by atoms with Gasteiger partial charge in [0.1, 0.15) is 23.5 Å². The van der Waals surface area contributed by atoms with E-state index >= 15 is 0 Å². The molecule has 2 aliphatic rings. The van der Waals surface area contributed by atoms with Crippen LogP contribution in [0, 0.1) is 5.92 Å². The molecule has 1 saturated carbocycles. The first-order valence-electron chi connectivity index (χ1n) is 10.4. The summed E-state index contributed by atoms with van der Waals surface area (Å²) in [6.45, 7) is -2.10. The molecule has 1 saturated heterocycles. The smallest absolute Gasteiger partial charge is 0.338 e. The number of carbonyl (C=O) groups excluding carboxylic acids is 3. The zero-order valence-corrected chi connectivity index (χ0v) is 22.0. The fourth-order valence-corrected chi connectivity index (χ4v) is 5.21. The Hall–Kier alpha value is -1.95. The number of hydrogen-bond acceptors (Lipinski definition) is 4. The highest BCUT2D eigenvalue weighted by Gasteiger charge is 2.67. The lowest BCUT2D eigenvalue weighted by molar-refractivity contribution is -0.214. The van der Waals surface area contributed by atoms with Crippen LogP contribution in [0.2, 0.25) is 15.1 Å². The van der Waals surface area contributed by atoms with E-state index in [0.717, 1.165) is 0 Å². The van der Waals surface area contributed by atoms with Crippen molar-refractivity contribution in [2.75, 3.05) is 18.5 Å². The molecule has 2 N–H and O–H groups in total. The van der Waals surface area contributed by atoms with E-state index in [2.05, 4.69) is 10.6 Å². The Bertz CT molecular complexity index is 1280. The van der Waals surface area contributed by atoms with Gasteiger partial charge in [0.2, 0.25) is 5.91 Å². The standard InChI is InChI=1S/C22H15Cl5F3N3O4/c23-12-4-2-10(6-11(12)18(34)32-15-7-37-33(20(15)36)8-21(28,29)30)31-19(35)17-16(22(17,26)27)9-1-3-13(24)14(25)5-9/h1-6,15-17H,7-8H2,(H,31,35)(H,32,34)/t15-,16+,17-/m1/s1. The number of carbonyl (C=O) groups is 3. The van der Waals surface area contributed by atoms with Crippen LogP contribution in [0.4, 0.5) is 18.9 Å². The molecule has 2 aromatic rings. The molecule has 7 nitrogen and oxygen atoms in total. The molecule has 15 heteroatoms. The number of hydroxylamine groups is 2. The van der Waals surface area contributed by atoms with Gasteiger partial charge < -0.3 is 10.6 Å². The third-order valence-corrected chi connectivity index (χ3v) is 7.70. The molecule has 3 amide bonds. The molecule has 2 aromatic carbocycles. The summed E-state index contributed by atoms with van der Waals surface area (Å²) in [6, 6.07) is 7.42. The Labute approximate surface area is 233 Å². The number of anilines is 1. The summed E-state index contributed by atoms with van der Waals surface area (Å²) in [5.74, 6) is -3.89. The summed E-state index contributed by atoms with van der Waals surface area (Å²) < 4.78 is 36.3. The Morgan fingerprint density at radius 3 is 2.38 bits per heavy atom. The van der Waals surface area contributed by atoms with Crippen LogP contribution in [0.1, 0.15) is 21.8 Å². The Morgan fingerprint density at radius 1 is 1.05 bits per heavy atom. The van der Waals surface area contributed by atoms with E-state index in [1.807, 2.05) is 0 Å². The molecule has 1 aliphatic heterocycles. The van der Waals surface area contributed by atoms with Gasteiger partial charge in [0.15, 0.2) is 0 Å². The number of amides is 3. The van der Waals surface area contributed by atoms with Crippen molar-refractivity contribution < 1.29 is 32.4 Å². The lowest BCUT2D eigenvalue weighted by Crippen LogP contribution is -2.44. The first-order valence-corrected chi connectivity index (χ1v) is 12.3. The quantitative estimate of drug-likeness (QED) is 0.412. The molecule has 198 valence electrons. The van der Waals surface area contributed by atoms with Crippen LogP contribution in [0.25, 0.3) is 0 Å². The fourth-order valence-electron chi connectivity index (χ4n) is 3.87. The van der Waals surface area contributed by atoms with E-state index in [0.29, 0.717) is 10.6 Å². The Kier molecular flexibility index (Phi) is 7.82. The van der Waals surface area contributed by atoms with Crippen LogP contribution in [0.15, 0.2) is 36.4 Å². The monoisotopic (exact) mass is 617 g/mol. The highest BCUT2D eigenvalue weighted by atomic mass is 35.5. The van der Waals surface area contributed by atoms with Crippen molar-refractivity contribution in [1.82, 2.24) is 10.4 Å². The predicted octanol–water partition coefficient (Wildman–Crippen LogP) is 5.61. The van der Waals surface area contributed by atoms with Crippen molar-refractivity contribution in [2.24, 2.45) is 5.92 Å². The third kappa shape index (κ3) is 6.05. The summed E-state index contributed by atoms with van der Waals surface area (Å²) in [7, 11) is 0. The predicted molar refractivity (Wildman–Crippen MR) is 132 cm³/mol. The molecule has 0 bridgehead atoms. The highest BCUT2D eigenvalue weighted by molar-refractivity contribution is 6.53. The highest BCUT2D eigenvalue weighted by Crippen LogP contribution is 2.65. The van der Waals surface area contributed by atoms with E-state index in [-0.39, 0.29) is 26.4 Å². The summed E-state index contributed by atoms with van der Waals surface area (Å²) in [5, 5.41) is 5.60. The minimum atomic E-state index is -4.67. The Balaban J connectivity index is 1.44. The van der Waals surface area contributed by atoms with Crippen molar-refractivity contribution in [1.29, 1.82) is 0 Å². The number of rotatable bonds is 6. The zero-order chi connectivity index (χ0) is 27.3. The van der Waals surface area contributed by atoms with E-state index < -0.39 is 59.3 Å². The molecule has 3 atom stereocenters. The van der Waals surface area contributed by atoms with Crippen molar-refractivity contribution in [3.05, 3.63) is 62.6 Å². The molecule has 0 unspecified atom stereocenters. The number of halogens is 8. The molecular weight excluding hydrogens is 605 g/mol. The summed E-state index contributed by atoms with van der Waals surface area (Å²) >= 11 is 30.8. The van der Waals surface area contributed by atoms with Crippen LogP contribution < -0.4 is 10.6 Å². The second kappa shape index (κ2) is 10.3. The van der Waals surface area contributed by atoms with Crippen LogP contribution in [0.5, 0.6) is 0 Å². The zero-order valence-electron chi connectivity index (χ0n) is 18.2. The summed E-state index contributed by atoms with van der Waals surface area (Å²) in [5.41, 5.74) is 0.635. The first kappa shape index (κ1) is 28.1. The normalized spacial score (nSPS) is 22.6. The van der Waals surface area contributed by atoms with Gasteiger partial charge in [0.25, 0.3) is 11.8 Å². The molecule has 0 aromatic heterocycles. The van der Waals surface area contributed by atoms with Crippen molar-refractivity contribution in [3.63, 3.8) is 0 Å². The van der Waals surface area contributed by atoms with Crippen molar-refractivity contribution in [3.8, 4) is 0 Å². The van der Waals surface area contributed by atoms with Gasteiger partial charge in [-0.1, -0.05) is 40.9 Å². The third-order valence-electron chi connectivity index (χ3n) is 5.69. The van der Waals surface area contributed by atoms with Gasteiger partial charge in [0, 0.05) is 11.6 Å². The number of benzene rings is 2. The summed E-state index contributed by atoms with van der Waals surface area (Å²) in [4.78, 5) is 42.5. The molecule has 4 rings (SSSR count). The topological polar surface area (TPSA) is 87.7 Å². The largest absolute Gasteiger partial charge is 0.408 e. The molecular formula is C22H15Cl5F3N3O4. The number of nitrogens with zero attached hydrogens (tertiary/aromatic N) is 1. The molecule has 37 heavy (non-hydrogen) atoms. The van der Waals surface area contributed by atoms with E-state index in [4.69, 9.17) is 62.8 Å². The van der Waals surface area contributed by atoms with E-state index in [9.17, 15) is 27.6 Å². The van der Waals surface area contributed by atoms with Crippen LogP contribution >= 0.6 is 58.0 Å². The molecule has 1 heterocycles. The molecule has 2 fully saturated rings. The molecule has 1 aliphatic carbocycles. The maximum Gasteiger partial charge on any atom is 0.408 e. The fraction of sp³-hybridized carbons (Fsp3) is 0.318. The van der Waals surface area contributed by atoms with E-state index in [1.165, 1.54) is 18.2 Å². The van der Waals surface area contributed by atoms with Crippen LogP contribution in [-0.4, -0.2) is 52.5 Å². The van der Waals surface area contributed by atoms with Gasteiger partial charge >= 0.3 is 6.18 Å². The van der Waals surface area contributed by atoms with Gasteiger partial charge in [-0.25, -0.2) is 5.06 Å². The van der Waals surface area contributed by atoms with Crippen LogP contribution in [0.3, 0.4) is 0 Å². The number of alkyl halides is 5. The number of hydrogen-bond donors (Lipinski definition) is 2. The second-order valence-corrected chi connectivity index (χ2v) is 11.0. The SMILES string of the molecule is O=C(N[C@@H]1CON(CC(F)(F)F)C1=O)c1cc(NC(=O)[C@H]2[C@H](c3ccc(Cl)c(Cl)c3)C2(Cl)Cl)ccc1Cl. The van der Waals surface area contributed by atoms with E-state index in [1.54, 1.807) is 18.2 Å². The van der Waals surface area contributed by atoms with Crippen LogP contribution in [-0.2, 0) is 14.4 Å². The molecule has 0 spiro atoms. The maximum atomic E-state index is 12.9. The van der Waals surface area contributed by atoms with Gasteiger partial charge in [-0.2, -0.15) is 13.2 Å².